The summed E-state index contributed by atoms with van der Waals surface area (Å²) in [5.74, 6) is 0.906. The minimum atomic E-state index is 0.00375. The summed E-state index contributed by atoms with van der Waals surface area (Å²) in [6, 6.07) is 1.51. The van der Waals surface area contributed by atoms with Gasteiger partial charge in [0.05, 0.1) is 0 Å². The Labute approximate surface area is 94.4 Å². The van der Waals surface area contributed by atoms with Crippen LogP contribution in [-0.4, -0.2) is 23.4 Å². The van der Waals surface area contributed by atoms with E-state index in [1.54, 1.807) is 0 Å². The molecule has 0 amide bonds. The Morgan fingerprint density at radius 3 is 2.69 bits per heavy atom. The minimum Gasteiger partial charge on any atom is -0.507 e. The van der Waals surface area contributed by atoms with Crippen LogP contribution >= 0.6 is 0 Å². The van der Waals surface area contributed by atoms with Gasteiger partial charge in [-0.25, -0.2) is 0 Å². The van der Waals surface area contributed by atoms with Gasteiger partial charge < -0.3 is 19.7 Å². The Morgan fingerprint density at radius 1 is 1.31 bits per heavy atom. The summed E-state index contributed by atoms with van der Waals surface area (Å²) in [4.78, 5) is 0. The molecule has 88 valence electrons. The number of hydrogen-bond acceptors (Lipinski definition) is 4. The zero-order chi connectivity index (χ0) is 11.7. The van der Waals surface area contributed by atoms with E-state index in [-0.39, 0.29) is 17.4 Å². The maximum atomic E-state index is 10.1. The first-order valence-corrected chi connectivity index (χ1v) is 5.49. The first-order valence-electron chi connectivity index (χ1n) is 5.49. The third-order valence-corrected chi connectivity index (χ3v) is 2.93. The molecule has 2 N–H and O–H groups in total. The summed E-state index contributed by atoms with van der Waals surface area (Å²) in [7, 11) is 0. The van der Waals surface area contributed by atoms with E-state index in [0.717, 1.165) is 6.42 Å². The van der Waals surface area contributed by atoms with Crippen LogP contribution in [0.2, 0.25) is 0 Å². The Balaban J connectivity index is 2.54. The van der Waals surface area contributed by atoms with E-state index in [1.807, 2.05) is 13.8 Å². The lowest BCUT2D eigenvalue weighted by Gasteiger charge is -2.23. The fourth-order valence-electron chi connectivity index (χ4n) is 1.86. The van der Waals surface area contributed by atoms with Gasteiger partial charge in [-0.05, 0) is 12.3 Å². The second kappa shape index (κ2) is 4.12. The summed E-state index contributed by atoms with van der Waals surface area (Å²) < 4.78 is 10.7. The number of aromatic hydroxyl groups is 2. The van der Waals surface area contributed by atoms with E-state index in [4.69, 9.17) is 9.47 Å². The highest BCUT2D eigenvalue weighted by Gasteiger charge is 2.24. The number of phenols is 2. The standard InChI is InChI=1S/C12H16O4/c1-3-7(2)10-8(13)6-9-12(11(10)14)16-5-4-15-9/h6-7,13-14H,3-5H2,1-2H3. The van der Waals surface area contributed by atoms with Crippen LogP contribution in [0.25, 0.3) is 0 Å². The van der Waals surface area contributed by atoms with Crippen LogP contribution in [0.1, 0.15) is 31.7 Å². The van der Waals surface area contributed by atoms with Crippen LogP contribution in [0, 0.1) is 0 Å². The van der Waals surface area contributed by atoms with Crippen molar-refractivity contribution < 1.29 is 19.7 Å². The predicted octanol–water partition coefficient (Wildman–Crippen LogP) is 2.38. The van der Waals surface area contributed by atoms with E-state index >= 15 is 0 Å². The van der Waals surface area contributed by atoms with Gasteiger partial charge >= 0.3 is 0 Å². The third kappa shape index (κ3) is 1.64. The van der Waals surface area contributed by atoms with Crippen molar-refractivity contribution in [1.29, 1.82) is 0 Å². The van der Waals surface area contributed by atoms with Crippen LogP contribution in [0.5, 0.6) is 23.0 Å². The van der Waals surface area contributed by atoms with Crippen LogP contribution < -0.4 is 9.47 Å². The number of ether oxygens (including phenoxy) is 2. The first kappa shape index (κ1) is 10.9. The second-order valence-electron chi connectivity index (χ2n) is 3.99. The molecule has 2 rings (SSSR count). The molecule has 1 aliphatic rings. The summed E-state index contributed by atoms with van der Waals surface area (Å²) in [5.41, 5.74) is 0.534. The van der Waals surface area contributed by atoms with Gasteiger partial charge in [-0.2, -0.15) is 0 Å². The lowest BCUT2D eigenvalue weighted by Crippen LogP contribution is -2.16. The molecule has 0 radical (unpaired) electrons. The average Bonchev–Trinajstić information content (AvgIpc) is 2.28. The number of rotatable bonds is 2. The molecule has 1 aromatic rings. The maximum absolute atomic E-state index is 10.1. The molecule has 0 bridgehead atoms. The molecule has 0 aliphatic carbocycles. The van der Waals surface area contributed by atoms with Crippen LogP contribution in [-0.2, 0) is 0 Å². The molecule has 16 heavy (non-hydrogen) atoms. The fraction of sp³-hybridized carbons (Fsp3) is 0.500. The van der Waals surface area contributed by atoms with Gasteiger partial charge in [0.25, 0.3) is 0 Å². The van der Waals surface area contributed by atoms with Gasteiger partial charge in [-0.15, -0.1) is 0 Å². The molecule has 1 aromatic carbocycles. The number of benzene rings is 1. The molecule has 4 heteroatoms. The predicted molar refractivity (Wildman–Crippen MR) is 59.5 cm³/mol. The number of phenolic OH excluding ortho intramolecular Hbond substituents is 2. The molecular formula is C12H16O4. The zero-order valence-electron chi connectivity index (χ0n) is 9.49. The van der Waals surface area contributed by atoms with Crippen molar-refractivity contribution >= 4 is 0 Å². The van der Waals surface area contributed by atoms with Crippen molar-refractivity contribution in [2.75, 3.05) is 13.2 Å². The Bertz CT molecular complexity index is 400. The van der Waals surface area contributed by atoms with Crippen LogP contribution in [0.15, 0.2) is 6.07 Å². The van der Waals surface area contributed by atoms with Gasteiger partial charge in [0.2, 0.25) is 5.75 Å². The smallest absolute Gasteiger partial charge is 0.204 e. The van der Waals surface area contributed by atoms with Gasteiger partial charge in [-0.3, -0.25) is 0 Å². The van der Waals surface area contributed by atoms with Crippen molar-refractivity contribution in [2.24, 2.45) is 0 Å². The lowest BCUT2D eigenvalue weighted by atomic mass is 9.96. The highest BCUT2D eigenvalue weighted by molar-refractivity contribution is 5.62. The van der Waals surface area contributed by atoms with Gasteiger partial charge in [0.15, 0.2) is 11.5 Å². The number of hydrogen-bond donors (Lipinski definition) is 2. The van der Waals surface area contributed by atoms with Crippen molar-refractivity contribution in [1.82, 2.24) is 0 Å². The van der Waals surface area contributed by atoms with E-state index in [0.29, 0.717) is 30.3 Å². The van der Waals surface area contributed by atoms with E-state index < -0.39 is 0 Å². The topological polar surface area (TPSA) is 58.9 Å². The molecule has 0 spiro atoms. The molecule has 0 saturated heterocycles. The van der Waals surface area contributed by atoms with E-state index in [2.05, 4.69) is 0 Å². The Hall–Kier alpha value is -1.58. The Morgan fingerprint density at radius 2 is 2.00 bits per heavy atom. The maximum Gasteiger partial charge on any atom is 0.204 e. The quantitative estimate of drug-likeness (QED) is 0.809. The lowest BCUT2D eigenvalue weighted by molar-refractivity contribution is 0.164. The third-order valence-electron chi connectivity index (χ3n) is 2.93. The molecular weight excluding hydrogens is 208 g/mol. The molecule has 0 fully saturated rings. The van der Waals surface area contributed by atoms with Crippen LogP contribution in [0.3, 0.4) is 0 Å². The molecule has 1 unspecified atom stereocenters. The summed E-state index contributed by atoms with van der Waals surface area (Å²) in [5, 5.41) is 19.9. The van der Waals surface area contributed by atoms with Crippen LogP contribution in [0.4, 0.5) is 0 Å². The zero-order valence-corrected chi connectivity index (χ0v) is 9.49. The van der Waals surface area contributed by atoms with Gasteiger partial charge in [0.1, 0.15) is 19.0 Å². The molecule has 0 saturated carbocycles. The minimum absolute atomic E-state index is 0.00375. The van der Waals surface area contributed by atoms with Crippen molar-refractivity contribution in [2.45, 2.75) is 26.2 Å². The molecule has 4 nitrogen and oxygen atoms in total. The number of fused-ring (bicyclic) bond motifs is 1. The second-order valence-corrected chi connectivity index (χ2v) is 3.99. The van der Waals surface area contributed by atoms with Crippen molar-refractivity contribution in [3.05, 3.63) is 11.6 Å². The SMILES string of the molecule is CCC(C)c1c(O)cc2c(c1O)OCCO2. The summed E-state index contributed by atoms with van der Waals surface area (Å²) in [6.07, 6.45) is 0.834. The monoisotopic (exact) mass is 224 g/mol. The van der Waals surface area contributed by atoms with Gasteiger partial charge in [-0.1, -0.05) is 13.8 Å². The van der Waals surface area contributed by atoms with E-state index in [1.165, 1.54) is 6.07 Å². The molecule has 1 heterocycles. The Kier molecular flexibility index (Phi) is 2.81. The van der Waals surface area contributed by atoms with Crippen molar-refractivity contribution in [3.63, 3.8) is 0 Å². The highest BCUT2D eigenvalue weighted by Crippen LogP contribution is 2.48. The molecule has 1 atom stereocenters. The van der Waals surface area contributed by atoms with Gasteiger partial charge in [0, 0.05) is 11.6 Å². The van der Waals surface area contributed by atoms with Crippen molar-refractivity contribution in [3.8, 4) is 23.0 Å². The summed E-state index contributed by atoms with van der Waals surface area (Å²) in [6.45, 7) is 4.81. The molecule has 1 aliphatic heterocycles. The van der Waals surface area contributed by atoms with E-state index in [9.17, 15) is 10.2 Å². The fourth-order valence-corrected chi connectivity index (χ4v) is 1.86. The molecule has 0 aromatic heterocycles. The summed E-state index contributed by atoms with van der Waals surface area (Å²) >= 11 is 0. The average molecular weight is 224 g/mol. The highest BCUT2D eigenvalue weighted by atomic mass is 16.6. The normalized spacial score (nSPS) is 15.9. The largest absolute Gasteiger partial charge is 0.507 e. The first-order chi connectivity index (χ1) is 7.65.